The molecule has 1 aliphatic rings. The van der Waals surface area contributed by atoms with Crippen LogP contribution in [0.5, 0.6) is 0 Å². The van der Waals surface area contributed by atoms with Gasteiger partial charge in [-0.25, -0.2) is 4.39 Å². The predicted octanol–water partition coefficient (Wildman–Crippen LogP) is 2.78. The van der Waals surface area contributed by atoms with E-state index in [1.807, 2.05) is 24.3 Å². The largest absolute Gasteiger partial charge is 0.366 e. The van der Waals surface area contributed by atoms with Crippen LogP contribution in [0.1, 0.15) is 17.2 Å². The number of carbonyl (C=O) groups is 1. The number of hydrogen-bond acceptors (Lipinski definition) is 3. The maximum Gasteiger partial charge on any atom is 0.251 e. The fourth-order valence-corrected chi connectivity index (χ4v) is 3.12. The van der Waals surface area contributed by atoms with Crippen LogP contribution >= 0.6 is 15.9 Å². The molecule has 0 bridgehead atoms. The maximum absolute atomic E-state index is 13.7. The van der Waals surface area contributed by atoms with Gasteiger partial charge in [-0.05, 0) is 35.4 Å². The molecule has 126 valence electrons. The van der Waals surface area contributed by atoms with Crippen LogP contribution in [0.15, 0.2) is 53.0 Å². The molecule has 2 aromatic rings. The summed E-state index contributed by atoms with van der Waals surface area (Å²) in [5, 5.41) is 6.12. The van der Waals surface area contributed by atoms with Crippen molar-refractivity contribution < 1.29 is 13.9 Å². The number of amides is 1. The third kappa shape index (κ3) is 4.20. The summed E-state index contributed by atoms with van der Waals surface area (Å²) < 4.78 is 20.1. The van der Waals surface area contributed by atoms with Crippen molar-refractivity contribution >= 4 is 21.8 Å². The minimum atomic E-state index is -0.540. The second kappa shape index (κ2) is 7.88. The lowest BCUT2D eigenvalue weighted by Crippen LogP contribution is -2.48. The zero-order valence-electron chi connectivity index (χ0n) is 13.0. The quantitative estimate of drug-likeness (QED) is 0.840. The molecule has 4 nitrogen and oxygen atoms in total. The van der Waals surface area contributed by atoms with Crippen molar-refractivity contribution in [2.75, 3.05) is 19.7 Å². The van der Waals surface area contributed by atoms with E-state index in [4.69, 9.17) is 4.74 Å². The molecule has 0 aromatic heterocycles. The Balaban J connectivity index is 1.88. The van der Waals surface area contributed by atoms with E-state index in [2.05, 4.69) is 26.6 Å². The van der Waals surface area contributed by atoms with Gasteiger partial charge in [0.2, 0.25) is 0 Å². The SMILES string of the molecule is O=C(NC(c1cccc(F)c1)c1cccc(Br)c1)C1CNCCO1. The molecule has 1 saturated heterocycles. The summed E-state index contributed by atoms with van der Waals surface area (Å²) in [5.74, 6) is -0.547. The summed E-state index contributed by atoms with van der Waals surface area (Å²) in [4.78, 5) is 12.5. The second-order valence-corrected chi connectivity index (χ2v) is 6.53. The molecule has 2 atom stereocenters. The third-order valence-corrected chi connectivity index (χ3v) is 4.36. The second-order valence-electron chi connectivity index (χ2n) is 5.62. The van der Waals surface area contributed by atoms with Crippen LogP contribution in [-0.4, -0.2) is 31.7 Å². The Bertz CT molecular complexity index is 674. The Labute approximate surface area is 148 Å². The van der Waals surface area contributed by atoms with Gasteiger partial charge in [0.05, 0.1) is 12.6 Å². The molecule has 2 N–H and O–H groups in total. The Hall–Kier alpha value is -1.76. The molecule has 1 heterocycles. The Morgan fingerprint density at radius 1 is 1.25 bits per heavy atom. The van der Waals surface area contributed by atoms with Gasteiger partial charge in [-0.2, -0.15) is 0 Å². The summed E-state index contributed by atoms with van der Waals surface area (Å²) in [5.41, 5.74) is 1.55. The Kier molecular flexibility index (Phi) is 5.60. The van der Waals surface area contributed by atoms with Crippen LogP contribution < -0.4 is 10.6 Å². The molecular weight excluding hydrogens is 375 g/mol. The van der Waals surface area contributed by atoms with Crippen molar-refractivity contribution in [2.24, 2.45) is 0 Å². The molecule has 1 aliphatic heterocycles. The average molecular weight is 393 g/mol. The normalized spacial score (nSPS) is 18.8. The van der Waals surface area contributed by atoms with Crippen molar-refractivity contribution in [1.82, 2.24) is 10.6 Å². The van der Waals surface area contributed by atoms with E-state index in [0.717, 1.165) is 16.6 Å². The number of benzene rings is 2. The monoisotopic (exact) mass is 392 g/mol. The highest BCUT2D eigenvalue weighted by Crippen LogP contribution is 2.25. The van der Waals surface area contributed by atoms with Crippen molar-refractivity contribution in [3.05, 3.63) is 69.9 Å². The first kappa shape index (κ1) is 17.1. The number of hydrogen-bond donors (Lipinski definition) is 2. The fourth-order valence-electron chi connectivity index (χ4n) is 2.70. The number of morpholine rings is 1. The van der Waals surface area contributed by atoms with Crippen LogP contribution in [-0.2, 0) is 9.53 Å². The van der Waals surface area contributed by atoms with Gasteiger partial charge in [-0.1, -0.05) is 40.2 Å². The highest BCUT2D eigenvalue weighted by molar-refractivity contribution is 9.10. The lowest BCUT2D eigenvalue weighted by Gasteiger charge is -2.26. The van der Waals surface area contributed by atoms with Gasteiger partial charge in [0.15, 0.2) is 0 Å². The minimum absolute atomic E-state index is 0.212. The van der Waals surface area contributed by atoms with Crippen LogP contribution in [0.3, 0.4) is 0 Å². The number of carbonyl (C=O) groups excluding carboxylic acids is 1. The van der Waals surface area contributed by atoms with E-state index in [-0.39, 0.29) is 11.7 Å². The van der Waals surface area contributed by atoms with E-state index in [1.54, 1.807) is 12.1 Å². The zero-order chi connectivity index (χ0) is 16.9. The van der Waals surface area contributed by atoms with Crippen molar-refractivity contribution in [3.63, 3.8) is 0 Å². The molecule has 0 aliphatic carbocycles. The Morgan fingerprint density at radius 2 is 2.00 bits per heavy atom. The van der Waals surface area contributed by atoms with E-state index < -0.39 is 12.1 Å². The zero-order valence-corrected chi connectivity index (χ0v) is 14.6. The molecule has 24 heavy (non-hydrogen) atoms. The molecular formula is C18H18BrFN2O2. The maximum atomic E-state index is 13.7. The minimum Gasteiger partial charge on any atom is -0.366 e. The standard InChI is InChI=1S/C18H18BrFN2O2/c19-14-5-1-3-12(9-14)17(13-4-2-6-15(20)10-13)22-18(23)16-11-21-7-8-24-16/h1-6,9-10,16-17,21H,7-8,11H2,(H,22,23). The van der Waals surface area contributed by atoms with Crippen LogP contribution in [0.25, 0.3) is 0 Å². The predicted molar refractivity (Wildman–Crippen MR) is 93.1 cm³/mol. The smallest absolute Gasteiger partial charge is 0.251 e. The van der Waals surface area contributed by atoms with Gasteiger partial charge in [-0.3, -0.25) is 4.79 Å². The van der Waals surface area contributed by atoms with E-state index >= 15 is 0 Å². The van der Waals surface area contributed by atoms with Gasteiger partial charge in [-0.15, -0.1) is 0 Å². The van der Waals surface area contributed by atoms with E-state index in [1.165, 1.54) is 12.1 Å². The molecule has 3 rings (SSSR count). The number of ether oxygens (including phenoxy) is 1. The third-order valence-electron chi connectivity index (χ3n) is 3.87. The lowest BCUT2D eigenvalue weighted by molar-refractivity contribution is -0.134. The molecule has 0 spiro atoms. The molecule has 0 saturated carbocycles. The summed E-state index contributed by atoms with van der Waals surface area (Å²) in [7, 11) is 0. The summed E-state index contributed by atoms with van der Waals surface area (Å²) in [6.07, 6.45) is -0.540. The highest BCUT2D eigenvalue weighted by Gasteiger charge is 2.25. The summed E-state index contributed by atoms with van der Waals surface area (Å²) >= 11 is 3.44. The molecule has 1 amide bonds. The lowest BCUT2D eigenvalue weighted by atomic mass is 9.98. The van der Waals surface area contributed by atoms with Gasteiger partial charge in [0.1, 0.15) is 11.9 Å². The molecule has 6 heteroatoms. The van der Waals surface area contributed by atoms with Crippen LogP contribution in [0.4, 0.5) is 4.39 Å². The summed E-state index contributed by atoms with van der Waals surface area (Å²) in [6.45, 7) is 1.71. The van der Waals surface area contributed by atoms with Crippen LogP contribution in [0.2, 0.25) is 0 Å². The fraction of sp³-hybridized carbons (Fsp3) is 0.278. The molecule has 2 unspecified atom stereocenters. The van der Waals surface area contributed by atoms with E-state index in [0.29, 0.717) is 18.7 Å². The molecule has 0 radical (unpaired) electrons. The topological polar surface area (TPSA) is 50.4 Å². The van der Waals surface area contributed by atoms with Gasteiger partial charge >= 0.3 is 0 Å². The van der Waals surface area contributed by atoms with E-state index in [9.17, 15) is 9.18 Å². The van der Waals surface area contributed by atoms with Crippen molar-refractivity contribution in [3.8, 4) is 0 Å². The summed E-state index contributed by atoms with van der Waals surface area (Å²) in [6, 6.07) is 13.4. The van der Waals surface area contributed by atoms with Gasteiger partial charge in [0, 0.05) is 17.6 Å². The molecule has 1 fully saturated rings. The first-order valence-electron chi connectivity index (χ1n) is 7.77. The Morgan fingerprint density at radius 3 is 2.67 bits per heavy atom. The number of halogens is 2. The van der Waals surface area contributed by atoms with Crippen molar-refractivity contribution in [1.29, 1.82) is 0 Å². The molecule has 2 aromatic carbocycles. The van der Waals surface area contributed by atoms with Gasteiger partial charge < -0.3 is 15.4 Å². The first-order chi connectivity index (χ1) is 11.6. The number of nitrogens with one attached hydrogen (secondary N) is 2. The average Bonchev–Trinajstić information content (AvgIpc) is 2.60. The first-order valence-corrected chi connectivity index (χ1v) is 8.56. The van der Waals surface area contributed by atoms with Gasteiger partial charge in [0.25, 0.3) is 5.91 Å². The highest BCUT2D eigenvalue weighted by atomic mass is 79.9. The van der Waals surface area contributed by atoms with Crippen LogP contribution in [0, 0.1) is 5.82 Å². The van der Waals surface area contributed by atoms with Crippen molar-refractivity contribution in [2.45, 2.75) is 12.1 Å². The number of rotatable bonds is 4.